The predicted octanol–water partition coefficient (Wildman–Crippen LogP) is 2.61. The first kappa shape index (κ1) is 15.5. The van der Waals surface area contributed by atoms with Crippen LogP contribution in [0.5, 0.6) is 0 Å². The largest absolute Gasteiger partial charge is 0.377 e. The van der Waals surface area contributed by atoms with Gasteiger partial charge in [-0.2, -0.15) is 0 Å². The van der Waals surface area contributed by atoms with E-state index in [1.807, 2.05) is 6.92 Å². The number of nitrogens with one attached hydrogen (secondary N) is 1. The summed E-state index contributed by atoms with van der Waals surface area (Å²) in [6.45, 7) is 7.14. The van der Waals surface area contributed by atoms with Gasteiger partial charge < -0.3 is 4.74 Å². The van der Waals surface area contributed by atoms with Crippen LogP contribution in [-0.2, 0) is 24.0 Å². The van der Waals surface area contributed by atoms with Crippen molar-refractivity contribution in [3.63, 3.8) is 0 Å². The average molecular weight is 276 g/mol. The molecule has 0 bridgehead atoms. The molecule has 112 valence electrons. The van der Waals surface area contributed by atoms with Crippen molar-refractivity contribution in [1.29, 1.82) is 0 Å². The van der Waals surface area contributed by atoms with Crippen LogP contribution in [0.15, 0.2) is 18.2 Å². The van der Waals surface area contributed by atoms with Gasteiger partial charge in [-0.1, -0.05) is 32.0 Å². The minimum Gasteiger partial charge on any atom is -0.377 e. The molecule has 0 aliphatic heterocycles. The quantitative estimate of drug-likeness (QED) is 0.594. The number of ether oxygens (including phenoxy) is 1. The van der Waals surface area contributed by atoms with Crippen molar-refractivity contribution in [2.24, 2.45) is 11.8 Å². The first-order valence-electron chi connectivity index (χ1n) is 7.84. The molecule has 0 saturated heterocycles. The molecule has 20 heavy (non-hydrogen) atoms. The Hall–Kier alpha value is -0.900. The van der Waals surface area contributed by atoms with Crippen LogP contribution in [0.2, 0.25) is 0 Å². The minimum absolute atomic E-state index is 0.151. The van der Waals surface area contributed by atoms with Crippen LogP contribution in [0, 0.1) is 5.92 Å². The highest BCUT2D eigenvalue weighted by molar-refractivity contribution is 5.35. The van der Waals surface area contributed by atoms with Crippen molar-refractivity contribution in [2.75, 3.05) is 6.61 Å². The number of hydrogen-bond donors (Lipinski definition) is 2. The van der Waals surface area contributed by atoms with Crippen LogP contribution in [0.4, 0.5) is 0 Å². The van der Waals surface area contributed by atoms with Crippen LogP contribution in [0.1, 0.15) is 43.9 Å². The van der Waals surface area contributed by atoms with E-state index in [0.717, 1.165) is 13.0 Å². The van der Waals surface area contributed by atoms with E-state index in [1.165, 1.54) is 36.0 Å². The zero-order chi connectivity index (χ0) is 14.5. The van der Waals surface area contributed by atoms with Crippen molar-refractivity contribution in [3.05, 3.63) is 34.9 Å². The van der Waals surface area contributed by atoms with E-state index in [1.54, 1.807) is 0 Å². The number of benzene rings is 1. The monoisotopic (exact) mass is 276 g/mol. The van der Waals surface area contributed by atoms with Crippen molar-refractivity contribution in [3.8, 4) is 0 Å². The Bertz CT molecular complexity index is 431. The number of fused-ring (bicyclic) bond motifs is 1. The second kappa shape index (κ2) is 7.21. The SMILES string of the molecule is CCOC(C(C)C)C(Cc1ccc2c(c1)CCC2)NN. The van der Waals surface area contributed by atoms with E-state index in [2.05, 4.69) is 37.5 Å². The Balaban J connectivity index is 2.08. The van der Waals surface area contributed by atoms with E-state index in [9.17, 15) is 0 Å². The van der Waals surface area contributed by atoms with Crippen LogP contribution in [0.25, 0.3) is 0 Å². The lowest BCUT2D eigenvalue weighted by atomic mass is 9.93. The molecule has 1 aromatic rings. The molecule has 0 aromatic heterocycles. The maximum atomic E-state index is 5.88. The van der Waals surface area contributed by atoms with E-state index in [-0.39, 0.29) is 12.1 Å². The highest BCUT2D eigenvalue weighted by Gasteiger charge is 2.24. The summed E-state index contributed by atoms with van der Waals surface area (Å²) in [6, 6.07) is 7.05. The molecule has 2 rings (SSSR count). The van der Waals surface area contributed by atoms with Gasteiger partial charge in [0.25, 0.3) is 0 Å². The van der Waals surface area contributed by atoms with Gasteiger partial charge in [-0.15, -0.1) is 0 Å². The van der Waals surface area contributed by atoms with Crippen molar-refractivity contribution in [2.45, 2.75) is 58.6 Å². The number of nitrogens with two attached hydrogens (primary N) is 1. The summed E-state index contributed by atoms with van der Waals surface area (Å²) in [6.07, 6.45) is 4.83. The van der Waals surface area contributed by atoms with E-state index >= 15 is 0 Å². The van der Waals surface area contributed by atoms with Crippen LogP contribution in [-0.4, -0.2) is 18.8 Å². The zero-order valence-corrected chi connectivity index (χ0v) is 13.0. The second-order valence-electron chi connectivity index (χ2n) is 6.10. The first-order valence-corrected chi connectivity index (χ1v) is 7.84. The van der Waals surface area contributed by atoms with Gasteiger partial charge in [-0.25, -0.2) is 0 Å². The van der Waals surface area contributed by atoms with Crippen molar-refractivity contribution in [1.82, 2.24) is 5.43 Å². The van der Waals surface area contributed by atoms with E-state index in [4.69, 9.17) is 10.6 Å². The molecule has 0 radical (unpaired) electrons. The van der Waals surface area contributed by atoms with Gasteiger partial charge in [0.05, 0.1) is 12.1 Å². The summed E-state index contributed by atoms with van der Waals surface area (Å²) >= 11 is 0. The van der Waals surface area contributed by atoms with E-state index < -0.39 is 0 Å². The Labute approximate surface area is 122 Å². The maximum absolute atomic E-state index is 5.88. The molecular formula is C17H28N2O. The molecule has 0 heterocycles. The molecule has 3 N–H and O–H groups in total. The Kier molecular flexibility index (Phi) is 5.58. The Morgan fingerprint density at radius 1 is 1.25 bits per heavy atom. The third-order valence-corrected chi connectivity index (χ3v) is 4.25. The van der Waals surface area contributed by atoms with Gasteiger partial charge >= 0.3 is 0 Å². The lowest BCUT2D eigenvalue weighted by Crippen LogP contribution is -2.48. The summed E-state index contributed by atoms with van der Waals surface area (Å²) in [7, 11) is 0. The topological polar surface area (TPSA) is 47.3 Å². The lowest BCUT2D eigenvalue weighted by molar-refractivity contribution is 0.00355. The van der Waals surface area contributed by atoms with Gasteiger partial charge in [0.15, 0.2) is 0 Å². The molecule has 0 saturated carbocycles. The number of hydrogen-bond acceptors (Lipinski definition) is 3. The molecule has 3 heteroatoms. The number of rotatable bonds is 7. The summed E-state index contributed by atoms with van der Waals surface area (Å²) < 4.78 is 5.88. The lowest BCUT2D eigenvalue weighted by Gasteiger charge is -2.29. The van der Waals surface area contributed by atoms with Crippen LogP contribution < -0.4 is 11.3 Å². The average Bonchev–Trinajstić information content (AvgIpc) is 2.89. The predicted molar refractivity (Wildman–Crippen MR) is 83.5 cm³/mol. The summed E-state index contributed by atoms with van der Waals surface area (Å²) in [4.78, 5) is 0. The molecule has 1 aliphatic rings. The zero-order valence-electron chi connectivity index (χ0n) is 13.0. The number of hydrazine groups is 1. The van der Waals surface area contributed by atoms with E-state index in [0.29, 0.717) is 5.92 Å². The highest BCUT2D eigenvalue weighted by atomic mass is 16.5. The number of aryl methyl sites for hydroxylation is 2. The molecule has 0 spiro atoms. The summed E-state index contributed by atoms with van der Waals surface area (Å²) in [5.74, 6) is 6.22. The fraction of sp³-hybridized carbons (Fsp3) is 0.647. The first-order chi connectivity index (χ1) is 9.65. The molecule has 0 amide bonds. The summed E-state index contributed by atoms with van der Waals surface area (Å²) in [5, 5.41) is 0. The fourth-order valence-electron chi connectivity index (χ4n) is 3.24. The summed E-state index contributed by atoms with van der Waals surface area (Å²) in [5.41, 5.74) is 7.37. The molecule has 2 unspecified atom stereocenters. The standard InChI is InChI=1S/C17H28N2O/c1-4-20-17(12(2)3)16(19-18)11-13-8-9-14-6-5-7-15(14)10-13/h8-10,12,16-17,19H,4-7,11,18H2,1-3H3. The Morgan fingerprint density at radius 3 is 2.65 bits per heavy atom. The molecular weight excluding hydrogens is 248 g/mol. The normalized spacial score (nSPS) is 17.2. The molecule has 1 aromatic carbocycles. The van der Waals surface area contributed by atoms with Gasteiger partial charge in [0.2, 0.25) is 0 Å². The highest BCUT2D eigenvalue weighted by Crippen LogP contribution is 2.24. The third kappa shape index (κ3) is 3.60. The van der Waals surface area contributed by atoms with Crippen LogP contribution in [0.3, 0.4) is 0 Å². The molecule has 2 atom stereocenters. The Morgan fingerprint density at radius 2 is 2.00 bits per heavy atom. The smallest absolute Gasteiger partial charge is 0.0767 e. The third-order valence-electron chi connectivity index (χ3n) is 4.25. The molecule has 1 aliphatic carbocycles. The molecule has 0 fully saturated rings. The minimum atomic E-state index is 0.151. The second-order valence-corrected chi connectivity index (χ2v) is 6.10. The fourth-order valence-corrected chi connectivity index (χ4v) is 3.24. The van der Waals surface area contributed by atoms with Gasteiger partial charge in [-0.05, 0) is 55.2 Å². The van der Waals surface area contributed by atoms with Crippen molar-refractivity contribution >= 4 is 0 Å². The maximum Gasteiger partial charge on any atom is 0.0767 e. The van der Waals surface area contributed by atoms with Crippen molar-refractivity contribution < 1.29 is 4.74 Å². The molecule has 3 nitrogen and oxygen atoms in total. The van der Waals surface area contributed by atoms with Gasteiger partial charge in [-0.3, -0.25) is 11.3 Å². The van der Waals surface area contributed by atoms with Gasteiger partial charge in [0.1, 0.15) is 0 Å². The van der Waals surface area contributed by atoms with Gasteiger partial charge in [0, 0.05) is 6.61 Å². The van der Waals surface area contributed by atoms with Crippen LogP contribution >= 0.6 is 0 Å².